The molecule has 2 aromatic carbocycles. The average molecular weight is 472 g/mol. The van der Waals surface area contributed by atoms with Gasteiger partial charge in [-0.3, -0.25) is 0 Å². The van der Waals surface area contributed by atoms with Gasteiger partial charge >= 0.3 is 5.97 Å². The first-order valence-corrected chi connectivity index (χ1v) is 9.85. The molecule has 8 heteroatoms. The van der Waals surface area contributed by atoms with Crippen molar-refractivity contribution in [1.29, 1.82) is 0 Å². The Bertz CT molecular complexity index is 928. The fraction of sp³-hybridized carbons (Fsp3) is 0.350. The molecule has 0 saturated heterocycles. The number of hydrogen-bond acceptors (Lipinski definition) is 6. The number of halogens is 2. The molecule has 1 heterocycles. The van der Waals surface area contributed by atoms with Gasteiger partial charge in [0, 0.05) is 10.0 Å². The van der Waals surface area contributed by atoms with Crippen molar-refractivity contribution >= 4 is 33.5 Å². The highest BCUT2D eigenvalue weighted by molar-refractivity contribution is 9.10. The molecule has 2 aromatic rings. The molecule has 0 saturated carbocycles. The van der Waals surface area contributed by atoms with E-state index in [0.29, 0.717) is 22.0 Å². The zero-order chi connectivity index (χ0) is 20.6. The van der Waals surface area contributed by atoms with E-state index in [1.54, 1.807) is 12.1 Å². The molecule has 0 aromatic heterocycles. The number of ether oxygens (including phenoxy) is 3. The highest BCUT2D eigenvalue weighted by atomic mass is 79.9. The third-order valence-electron chi connectivity index (χ3n) is 4.42. The summed E-state index contributed by atoms with van der Waals surface area (Å²) in [7, 11) is 1.41. The predicted octanol–water partition coefficient (Wildman–Crippen LogP) is 5.36. The fourth-order valence-corrected chi connectivity index (χ4v) is 3.78. The SMILES string of the molecule is COc1c(C(O)CC(C)C)ccc2c1C(=O)OCc1c(Cl)c(Br)cc(O)c1O2. The molecule has 0 fully saturated rings. The summed E-state index contributed by atoms with van der Waals surface area (Å²) in [6.45, 7) is 3.78. The average Bonchev–Trinajstić information content (AvgIpc) is 2.62. The molecule has 1 aliphatic heterocycles. The third-order valence-corrected chi connectivity index (χ3v) is 5.70. The van der Waals surface area contributed by atoms with Crippen LogP contribution in [0.15, 0.2) is 22.7 Å². The number of cyclic esters (lactones) is 1. The lowest BCUT2D eigenvalue weighted by Crippen LogP contribution is -2.15. The smallest absolute Gasteiger partial charge is 0.346 e. The second-order valence-corrected chi connectivity index (χ2v) is 8.12. The zero-order valence-corrected chi connectivity index (χ0v) is 17.9. The van der Waals surface area contributed by atoms with Crippen LogP contribution in [-0.2, 0) is 11.3 Å². The van der Waals surface area contributed by atoms with E-state index in [1.165, 1.54) is 13.2 Å². The van der Waals surface area contributed by atoms with Gasteiger partial charge in [-0.2, -0.15) is 0 Å². The van der Waals surface area contributed by atoms with Gasteiger partial charge in [-0.25, -0.2) is 4.79 Å². The van der Waals surface area contributed by atoms with Crippen molar-refractivity contribution in [1.82, 2.24) is 0 Å². The molecule has 0 radical (unpaired) electrons. The number of phenols is 1. The van der Waals surface area contributed by atoms with Gasteiger partial charge in [0.05, 0.1) is 23.8 Å². The summed E-state index contributed by atoms with van der Waals surface area (Å²) in [4.78, 5) is 12.7. The molecule has 0 spiro atoms. The van der Waals surface area contributed by atoms with E-state index in [9.17, 15) is 15.0 Å². The maximum atomic E-state index is 12.7. The molecule has 2 N–H and O–H groups in total. The number of aliphatic hydroxyl groups excluding tert-OH is 1. The van der Waals surface area contributed by atoms with E-state index in [1.807, 2.05) is 13.8 Å². The van der Waals surface area contributed by atoms with Crippen molar-refractivity contribution in [2.24, 2.45) is 5.92 Å². The first kappa shape index (κ1) is 20.8. The van der Waals surface area contributed by atoms with Gasteiger partial charge in [0.25, 0.3) is 0 Å². The standard InChI is InChI=1S/C20H20BrClO6/c1-9(2)6-13(23)10-4-5-15-16(19(10)26-3)20(25)27-8-11-17(22)12(21)7-14(24)18(11)28-15/h4-5,7,9,13,23-24H,6,8H2,1-3H3. The maximum Gasteiger partial charge on any atom is 0.346 e. The molecular formula is C20H20BrClO6. The molecule has 0 amide bonds. The van der Waals surface area contributed by atoms with Gasteiger partial charge in [-0.15, -0.1) is 0 Å². The number of rotatable bonds is 4. The van der Waals surface area contributed by atoms with Crippen molar-refractivity contribution < 1.29 is 29.2 Å². The molecule has 0 bridgehead atoms. The van der Waals surface area contributed by atoms with Crippen LogP contribution in [0.25, 0.3) is 0 Å². The Hall–Kier alpha value is -1.96. The van der Waals surface area contributed by atoms with Gasteiger partial charge in [-0.1, -0.05) is 25.4 Å². The Labute approximate surface area is 176 Å². The topological polar surface area (TPSA) is 85.2 Å². The fourth-order valence-electron chi connectivity index (χ4n) is 3.12. The van der Waals surface area contributed by atoms with Crippen LogP contribution >= 0.6 is 27.5 Å². The van der Waals surface area contributed by atoms with Crippen LogP contribution in [0.3, 0.4) is 0 Å². The maximum absolute atomic E-state index is 12.7. The van der Waals surface area contributed by atoms with E-state index >= 15 is 0 Å². The minimum atomic E-state index is -0.815. The molecule has 1 atom stereocenters. The van der Waals surface area contributed by atoms with Gasteiger partial charge in [-0.05, 0) is 46.5 Å². The highest BCUT2D eigenvalue weighted by Crippen LogP contribution is 2.47. The first-order chi connectivity index (χ1) is 13.2. The number of carbonyl (C=O) groups is 1. The Morgan fingerprint density at radius 3 is 2.71 bits per heavy atom. The van der Waals surface area contributed by atoms with Gasteiger partial charge in [0.2, 0.25) is 0 Å². The van der Waals surface area contributed by atoms with Crippen LogP contribution < -0.4 is 9.47 Å². The Morgan fingerprint density at radius 2 is 2.07 bits per heavy atom. The number of hydrogen-bond donors (Lipinski definition) is 2. The normalized spacial score (nSPS) is 14.3. The lowest BCUT2D eigenvalue weighted by atomic mass is 9.96. The van der Waals surface area contributed by atoms with Crippen LogP contribution in [0, 0.1) is 5.92 Å². The summed E-state index contributed by atoms with van der Waals surface area (Å²) in [5.41, 5.74) is 0.858. The van der Waals surface area contributed by atoms with Crippen molar-refractivity contribution in [3.8, 4) is 23.0 Å². The van der Waals surface area contributed by atoms with Crippen LogP contribution in [0.1, 0.15) is 47.9 Å². The van der Waals surface area contributed by atoms with Crippen molar-refractivity contribution in [3.05, 3.63) is 44.4 Å². The summed E-state index contributed by atoms with van der Waals surface area (Å²) in [6.07, 6.45) is -0.317. The van der Waals surface area contributed by atoms with E-state index in [2.05, 4.69) is 15.9 Å². The second-order valence-electron chi connectivity index (χ2n) is 6.88. The monoisotopic (exact) mass is 470 g/mol. The van der Waals surface area contributed by atoms with Gasteiger partial charge < -0.3 is 24.4 Å². The number of phenolic OH excluding ortho intramolecular Hbond substituents is 1. The molecular weight excluding hydrogens is 452 g/mol. The molecule has 150 valence electrons. The number of methoxy groups -OCH3 is 1. The number of carbonyl (C=O) groups excluding carboxylic acids is 1. The minimum absolute atomic E-state index is 0.0481. The molecule has 0 aliphatic carbocycles. The van der Waals surface area contributed by atoms with E-state index in [0.717, 1.165) is 0 Å². The number of aromatic hydroxyl groups is 1. The zero-order valence-electron chi connectivity index (χ0n) is 15.6. The van der Waals surface area contributed by atoms with Crippen LogP contribution in [0.4, 0.5) is 0 Å². The summed E-state index contributed by atoms with van der Waals surface area (Å²) >= 11 is 9.52. The Balaban J connectivity index is 2.16. The Kier molecular flexibility index (Phi) is 6.07. The van der Waals surface area contributed by atoms with Crippen molar-refractivity contribution in [2.75, 3.05) is 7.11 Å². The largest absolute Gasteiger partial charge is 0.504 e. The first-order valence-electron chi connectivity index (χ1n) is 8.68. The lowest BCUT2D eigenvalue weighted by molar-refractivity contribution is 0.0454. The number of fused-ring (bicyclic) bond motifs is 2. The quantitative estimate of drug-likeness (QED) is 0.584. The van der Waals surface area contributed by atoms with E-state index < -0.39 is 12.1 Å². The van der Waals surface area contributed by atoms with Gasteiger partial charge in [0.15, 0.2) is 11.5 Å². The molecule has 3 rings (SSSR count). The highest BCUT2D eigenvalue weighted by Gasteiger charge is 2.31. The van der Waals surface area contributed by atoms with Crippen LogP contribution in [-0.4, -0.2) is 23.3 Å². The summed E-state index contributed by atoms with van der Waals surface area (Å²) < 4.78 is 17.1. The summed E-state index contributed by atoms with van der Waals surface area (Å²) in [5.74, 6) is -0.169. The number of aliphatic hydroxyl groups is 1. The van der Waals surface area contributed by atoms with Crippen molar-refractivity contribution in [2.45, 2.75) is 33.0 Å². The molecule has 6 nitrogen and oxygen atoms in total. The van der Waals surface area contributed by atoms with Crippen molar-refractivity contribution in [3.63, 3.8) is 0 Å². The predicted molar refractivity (Wildman–Crippen MR) is 107 cm³/mol. The lowest BCUT2D eigenvalue weighted by Gasteiger charge is -2.24. The second kappa shape index (κ2) is 8.19. The molecule has 1 aliphatic rings. The third kappa shape index (κ3) is 3.79. The van der Waals surface area contributed by atoms with Crippen LogP contribution in [0.5, 0.6) is 23.0 Å². The van der Waals surface area contributed by atoms with E-state index in [4.69, 9.17) is 25.8 Å². The number of esters is 1. The Morgan fingerprint density at radius 1 is 1.36 bits per heavy atom. The molecule has 28 heavy (non-hydrogen) atoms. The number of benzene rings is 2. The van der Waals surface area contributed by atoms with Crippen LogP contribution in [0.2, 0.25) is 5.02 Å². The minimum Gasteiger partial charge on any atom is -0.504 e. The summed E-state index contributed by atoms with van der Waals surface area (Å²) in [5, 5.41) is 21.1. The molecule has 1 unspecified atom stereocenters. The summed E-state index contributed by atoms with van der Waals surface area (Å²) in [6, 6.07) is 4.58. The van der Waals surface area contributed by atoms with Gasteiger partial charge in [0.1, 0.15) is 23.7 Å². The van der Waals surface area contributed by atoms with E-state index in [-0.39, 0.29) is 46.1 Å².